The van der Waals surface area contributed by atoms with Crippen LogP contribution in [0.15, 0.2) is 18.2 Å². The van der Waals surface area contributed by atoms with Crippen LogP contribution in [0.5, 0.6) is 11.5 Å². The van der Waals surface area contributed by atoms with Crippen LogP contribution >= 0.6 is 0 Å². The summed E-state index contributed by atoms with van der Waals surface area (Å²) in [6, 6.07) is 5.66. The number of rotatable bonds is 5. The molecule has 0 amide bonds. The highest BCUT2D eigenvalue weighted by Gasteiger charge is 2.38. The van der Waals surface area contributed by atoms with E-state index in [-0.39, 0.29) is 5.60 Å². The molecule has 0 radical (unpaired) electrons. The van der Waals surface area contributed by atoms with Gasteiger partial charge in [-0.05, 0) is 31.4 Å². The number of unbranched alkanes of at least 4 members (excludes halogenated alkanes) is 1. The first-order chi connectivity index (χ1) is 9.14. The van der Waals surface area contributed by atoms with Gasteiger partial charge in [-0.15, -0.1) is 0 Å². The van der Waals surface area contributed by atoms with Gasteiger partial charge < -0.3 is 14.6 Å². The Morgan fingerprint density at radius 3 is 2.84 bits per heavy atom. The minimum Gasteiger partial charge on any atom is -0.497 e. The number of fused-ring (bicyclic) bond motifs is 1. The molecule has 3 heteroatoms. The minimum absolute atomic E-state index is 0.227. The van der Waals surface area contributed by atoms with Crippen molar-refractivity contribution in [3.63, 3.8) is 0 Å². The van der Waals surface area contributed by atoms with Crippen LogP contribution in [0.25, 0.3) is 0 Å². The van der Waals surface area contributed by atoms with Crippen molar-refractivity contribution >= 4 is 0 Å². The SMILES string of the molecule is CCCCC1(CC)C[C@H](O)c2ccc(OC)cc2O1. The van der Waals surface area contributed by atoms with Gasteiger partial charge in [-0.3, -0.25) is 0 Å². The van der Waals surface area contributed by atoms with Crippen molar-refractivity contribution in [3.8, 4) is 11.5 Å². The summed E-state index contributed by atoms with van der Waals surface area (Å²) in [7, 11) is 1.64. The van der Waals surface area contributed by atoms with Gasteiger partial charge >= 0.3 is 0 Å². The first kappa shape index (κ1) is 14.2. The molecule has 0 aliphatic carbocycles. The second-order valence-electron chi connectivity index (χ2n) is 5.37. The van der Waals surface area contributed by atoms with Gasteiger partial charge in [-0.1, -0.05) is 20.3 Å². The van der Waals surface area contributed by atoms with Crippen LogP contribution in [0.3, 0.4) is 0 Å². The Balaban J connectivity index is 2.29. The fourth-order valence-corrected chi connectivity index (χ4v) is 2.79. The summed E-state index contributed by atoms with van der Waals surface area (Å²) in [5.41, 5.74) is 0.649. The van der Waals surface area contributed by atoms with Crippen LogP contribution in [-0.4, -0.2) is 17.8 Å². The van der Waals surface area contributed by atoms with E-state index >= 15 is 0 Å². The maximum Gasteiger partial charge on any atom is 0.129 e. The molecule has 0 bridgehead atoms. The Bertz CT molecular complexity index is 430. The molecule has 106 valence electrons. The lowest BCUT2D eigenvalue weighted by atomic mass is 9.83. The molecule has 1 aliphatic heterocycles. The van der Waals surface area contributed by atoms with Gasteiger partial charge in [-0.25, -0.2) is 0 Å². The number of methoxy groups -OCH3 is 1. The number of aliphatic hydroxyl groups is 1. The van der Waals surface area contributed by atoms with E-state index in [1.807, 2.05) is 18.2 Å². The van der Waals surface area contributed by atoms with E-state index in [1.165, 1.54) is 0 Å². The van der Waals surface area contributed by atoms with Gasteiger partial charge in [0.2, 0.25) is 0 Å². The zero-order valence-electron chi connectivity index (χ0n) is 12.1. The molecule has 0 spiro atoms. The molecule has 1 unspecified atom stereocenters. The third kappa shape index (κ3) is 2.86. The number of ether oxygens (including phenoxy) is 2. The van der Waals surface area contributed by atoms with Gasteiger partial charge in [0, 0.05) is 18.1 Å². The topological polar surface area (TPSA) is 38.7 Å². The average Bonchev–Trinajstić information content (AvgIpc) is 2.44. The second-order valence-corrected chi connectivity index (χ2v) is 5.37. The molecule has 1 N–H and O–H groups in total. The van der Waals surface area contributed by atoms with Crippen LogP contribution in [0.1, 0.15) is 57.6 Å². The largest absolute Gasteiger partial charge is 0.497 e. The van der Waals surface area contributed by atoms with Gasteiger partial charge in [0.25, 0.3) is 0 Å². The summed E-state index contributed by atoms with van der Waals surface area (Å²) in [6.45, 7) is 4.31. The molecule has 2 atom stereocenters. The van der Waals surface area contributed by atoms with Crippen molar-refractivity contribution in [1.82, 2.24) is 0 Å². The van der Waals surface area contributed by atoms with Crippen molar-refractivity contribution in [1.29, 1.82) is 0 Å². The van der Waals surface area contributed by atoms with Crippen LogP contribution in [0.2, 0.25) is 0 Å². The van der Waals surface area contributed by atoms with Crippen LogP contribution < -0.4 is 9.47 Å². The molecule has 19 heavy (non-hydrogen) atoms. The van der Waals surface area contributed by atoms with E-state index in [0.717, 1.165) is 42.7 Å². The predicted octanol–water partition coefficient (Wildman–Crippen LogP) is 3.85. The maximum absolute atomic E-state index is 10.4. The molecular formula is C16H24O3. The zero-order valence-corrected chi connectivity index (χ0v) is 12.1. The van der Waals surface area contributed by atoms with Crippen LogP contribution in [0.4, 0.5) is 0 Å². The third-order valence-corrected chi connectivity index (χ3v) is 4.10. The van der Waals surface area contributed by atoms with Gasteiger partial charge in [0.1, 0.15) is 17.1 Å². The Kier molecular flexibility index (Phi) is 4.35. The molecule has 1 aliphatic rings. The van der Waals surface area contributed by atoms with Gasteiger partial charge in [0.05, 0.1) is 13.2 Å². The molecule has 3 nitrogen and oxygen atoms in total. The number of hydrogen-bond acceptors (Lipinski definition) is 3. The fourth-order valence-electron chi connectivity index (χ4n) is 2.79. The maximum atomic E-state index is 10.4. The molecule has 0 aromatic heterocycles. The van der Waals surface area contributed by atoms with E-state index < -0.39 is 6.10 Å². The first-order valence-corrected chi connectivity index (χ1v) is 7.19. The number of aliphatic hydroxyl groups excluding tert-OH is 1. The Labute approximate surface area is 115 Å². The standard InChI is InChI=1S/C16H24O3/c1-4-6-9-16(5-2)11-14(17)13-8-7-12(18-3)10-15(13)19-16/h7-8,10,14,17H,4-6,9,11H2,1-3H3/t14-,16?/m0/s1. The summed E-state index contributed by atoms with van der Waals surface area (Å²) in [6.07, 6.45) is 4.43. The fraction of sp³-hybridized carbons (Fsp3) is 0.625. The van der Waals surface area contributed by atoms with E-state index in [9.17, 15) is 5.11 Å². The summed E-state index contributed by atoms with van der Waals surface area (Å²) < 4.78 is 11.5. The van der Waals surface area contributed by atoms with Crippen molar-refractivity contribution in [2.45, 2.75) is 57.7 Å². The lowest BCUT2D eigenvalue weighted by Gasteiger charge is -2.40. The highest BCUT2D eigenvalue weighted by atomic mass is 16.5. The number of benzene rings is 1. The van der Waals surface area contributed by atoms with Crippen molar-refractivity contribution in [3.05, 3.63) is 23.8 Å². The molecule has 0 saturated heterocycles. The predicted molar refractivity (Wildman–Crippen MR) is 75.7 cm³/mol. The van der Waals surface area contributed by atoms with E-state index in [2.05, 4.69) is 13.8 Å². The lowest BCUT2D eigenvalue weighted by molar-refractivity contribution is -0.0242. The van der Waals surface area contributed by atoms with Crippen LogP contribution in [-0.2, 0) is 0 Å². The summed E-state index contributed by atoms with van der Waals surface area (Å²) in [5.74, 6) is 1.55. The molecule has 1 heterocycles. The second kappa shape index (κ2) is 5.83. The molecule has 1 aromatic rings. The molecular weight excluding hydrogens is 240 g/mol. The smallest absolute Gasteiger partial charge is 0.129 e. The quantitative estimate of drug-likeness (QED) is 0.878. The molecule has 1 aromatic carbocycles. The molecule has 0 fully saturated rings. The lowest BCUT2D eigenvalue weighted by Crippen LogP contribution is -2.40. The van der Waals surface area contributed by atoms with Gasteiger partial charge in [-0.2, -0.15) is 0 Å². The number of hydrogen-bond donors (Lipinski definition) is 1. The minimum atomic E-state index is -0.438. The van der Waals surface area contributed by atoms with Crippen molar-refractivity contribution < 1.29 is 14.6 Å². The normalized spacial score (nSPS) is 25.6. The van der Waals surface area contributed by atoms with E-state index in [0.29, 0.717) is 6.42 Å². The monoisotopic (exact) mass is 264 g/mol. The average molecular weight is 264 g/mol. The third-order valence-electron chi connectivity index (χ3n) is 4.10. The van der Waals surface area contributed by atoms with Crippen molar-refractivity contribution in [2.75, 3.05) is 7.11 Å². The highest BCUT2D eigenvalue weighted by molar-refractivity contribution is 5.44. The molecule has 2 rings (SSSR count). The molecule has 0 saturated carbocycles. The van der Waals surface area contributed by atoms with Gasteiger partial charge in [0.15, 0.2) is 0 Å². The van der Waals surface area contributed by atoms with E-state index in [1.54, 1.807) is 7.11 Å². The highest BCUT2D eigenvalue weighted by Crippen LogP contribution is 2.44. The summed E-state index contributed by atoms with van der Waals surface area (Å²) in [5, 5.41) is 10.4. The first-order valence-electron chi connectivity index (χ1n) is 7.19. The summed E-state index contributed by atoms with van der Waals surface area (Å²) in [4.78, 5) is 0. The Morgan fingerprint density at radius 1 is 1.42 bits per heavy atom. The van der Waals surface area contributed by atoms with Crippen molar-refractivity contribution in [2.24, 2.45) is 0 Å². The Hall–Kier alpha value is -1.22. The summed E-state index contributed by atoms with van der Waals surface area (Å²) >= 11 is 0. The van der Waals surface area contributed by atoms with E-state index in [4.69, 9.17) is 9.47 Å². The van der Waals surface area contributed by atoms with Crippen LogP contribution in [0, 0.1) is 0 Å². The Morgan fingerprint density at radius 2 is 2.21 bits per heavy atom. The zero-order chi connectivity index (χ0) is 13.9.